The van der Waals surface area contributed by atoms with E-state index in [2.05, 4.69) is 0 Å². The largest absolute Gasteiger partial charge is 0.398 e. The van der Waals surface area contributed by atoms with Gasteiger partial charge in [0.2, 0.25) is 5.91 Å². The zero-order chi connectivity index (χ0) is 16.4. The molecule has 1 aliphatic rings. The molecule has 0 spiro atoms. The first-order valence-electron chi connectivity index (χ1n) is 7.67. The Morgan fingerprint density at radius 2 is 1.96 bits per heavy atom. The molecule has 0 aliphatic carbocycles. The summed E-state index contributed by atoms with van der Waals surface area (Å²) in [6, 6.07) is 13.4. The van der Waals surface area contributed by atoms with Crippen molar-refractivity contribution in [2.45, 2.75) is 29.9 Å². The Balaban J connectivity index is 0.00000208. The second-order valence-corrected chi connectivity index (χ2v) is 7.50. The Labute approximate surface area is 158 Å². The molecule has 1 amide bonds. The standard InChI is InChI=1S/C18H19ClN2OS.ClH/c1-12(23-14-9-7-13(19)8-10-14)18(22)21-11-3-4-15-16(20)5-2-6-17(15)21;/h2,5-10,12H,3-4,11,20H2,1H3;1H. The van der Waals surface area contributed by atoms with E-state index in [0.29, 0.717) is 5.02 Å². The van der Waals surface area contributed by atoms with Gasteiger partial charge in [0.25, 0.3) is 0 Å². The highest BCUT2D eigenvalue weighted by atomic mass is 35.5. The molecule has 6 heteroatoms. The van der Waals surface area contributed by atoms with Crippen LogP contribution in [0.15, 0.2) is 47.4 Å². The fourth-order valence-corrected chi connectivity index (χ4v) is 3.92. The smallest absolute Gasteiger partial charge is 0.240 e. The van der Waals surface area contributed by atoms with Crippen LogP contribution >= 0.6 is 35.8 Å². The molecule has 0 radical (unpaired) electrons. The maximum Gasteiger partial charge on any atom is 0.240 e. The molecule has 3 nitrogen and oxygen atoms in total. The summed E-state index contributed by atoms with van der Waals surface area (Å²) in [5.74, 6) is 0.122. The number of nitrogens with zero attached hydrogens (tertiary/aromatic N) is 1. The molecule has 0 fully saturated rings. The number of nitrogens with two attached hydrogens (primary N) is 1. The van der Waals surface area contributed by atoms with E-state index < -0.39 is 0 Å². The van der Waals surface area contributed by atoms with Crippen molar-refractivity contribution in [1.29, 1.82) is 0 Å². The summed E-state index contributed by atoms with van der Waals surface area (Å²) >= 11 is 7.46. The molecule has 3 rings (SSSR count). The molecule has 2 aromatic carbocycles. The van der Waals surface area contributed by atoms with Gasteiger partial charge in [-0.3, -0.25) is 4.79 Å². The molecule has 128 valence electrons. The van der Waals surface area contributed by atoms with Gasteiger partial charge in [-0.2, -0.15) is 0 Å². The van der Waals surface area contributed by atoms with Gasteiger partial charge in [0.15, 0.2) is 0 Å². The highest BCUT2D eigenvalue weighted by Crippen LogP contribution is 2.34. The van der Waals surface area contributed by atoms with E-state index in [9.17, 15) is 4.79 Å². The Hall–Kier alpha value is -1.36. The van der Waals surface area contributed by atoms with Crippen LogP contribution in [-0.4, -0.2) is 17.7 Å². The molecule has 1 aliphatic heterocycles. The third-order valence-electron chi connectivity index (χ3n) is 4.03. The highest BCUT2D eigenvalue weighted by Gasteiger charge is 2.27. The number of carbonyl (C=O) groups excluding carboxylic acids is 1. The van der Waals surface area contributed by atoms with E-state index >= 15 is 0 Å². The number of rotatable bonds is 3. The van der Waals surface area contributed by atoms with Crippen molar-refractivity contribution in [1.82, 2.24) is 0 Å². The molecular formula is C18H20Cl2N2OS. The van der Waals surface area contributed by atoms with Crippen molar-refractivity contribution in [2.24, 2.45) is 0 Å². The van der Waals surface area contributed by atoms with Crippen molar-refractivity contribution >= 4 is 53.1 Å². The van der Waals surface area contributed by atoms with Crippen molar-refractivity contribution in [2.75, 3.05) is 17.2 Å². The molecule has 0 aromatic heterocycles. The molecule has 2 aromatic rings. The fraction of sp³-hybridized carbons (Fsp3) is 0.278. The Morgan fingerprint density at radius 3 is 2.67 bits per heavy atom. The number of halogens is 2. The Morgan fingerprint density at radius 1 is 1.25 bits per heavy atom. The SMILES string of the molecule is CC(Sc1ccc(Cl)cc1)C(=O)N1CCCc2c(N)cccc21.Cl. The van der Waals surface area contributed by atoms with Crippen molar-refractivity contribution < 1.29 is 4.79 Å². The van der Waals surface area contributed by atoms with Crippen LogP contribution in [0.3, 0.4) is 0 Å². The highest BCUT2D eigenvalue weighted by molar-refractivity contribution is 8.00. The van der Waals surface area contributed by atoms with E-state index in [4.69, 9.17) is 17.3 Å². The number of benzene rings is 2. The van der Waals surface area contributed by atoms with Crippen LogP contribution in [0.25, 0.3) is 0 Å². The average molecular weight is 383 g/mol. The third-order valence-corrected chi connectivity index (χ3v) is 5.38. The van der Waals surface area contributed by atoms with Crippen LogP contribution in [0.5, 0.6) is 0 Å². The van der Waals surface area contributed by atoms with Gasteiger partial charge >= 0.3 is 0 Å². The van der Waals surface area contributed by atoms with E-state index in [0.717, 1.165) is 41.2 Å². The third kappa shape index (κ3) is 4.00. The summed E-state index contributed by atoms with van der Waals surface area (Å²) in [5, 5.41) is 0.539. The topological polar surface area (TPSA) is 46.3 Å². The minimum atomic E-state index is -0.163. The lowest BCUT2D eigenvalue weighted by Gasteiger charge is -2.32. The molecule has 2 N–H and O–H groups in total. The maximum absolute atomic E-state index is 12.9. The van der Waals surface area contributed by atoms with Gasteiger partial charge in [0.1, 0.15) is 0 Å². The molecule has 1 heterocycles. The predicted molar refractivity (Wildman–Crippen MR) is 106 cm³/mol. The molecule has 24 heavy (non-hydrogen) atoms. The van der Waals surface area contributed by atoms with Crippen LogP contribution in [0, 0.1) is 0 Å². The number of hydrogen-bond acceptors (Lipinski definition) is 3. The van der Waals surface area contributed by atoms with Crippen molar-refractivity contribution in [3.05, 3.63) is 53.1 Å². The van der Waals surface area contributed by atoms with Crippen molar-refractivity contribution in [3.63, 3.8) is 0 Å². The van der Waals surface area contributed by atoms with Crippen LogP contribution in [0.4, 0.5) is 11.4 Å². The zero-order valence-corrected chi connectivity index (χ0v) is 15.8. The minimum Gasteiger partial charge on any atom is -0.398 e. The van der Waals surface area contributed by atoms with Gasteiger partial charge in [-0.05, 0) is 61.7 Å². The summed E-state index contributed by atoms with van der Waals surface area (Å²) in [7, 11) is 0. The van der Waals surface area contributed by atoms with Crippen LogP contribution in [0.2, 0.25) is 5.02 Å². The summed E-state index contributed by atoms with van der Waals surface area (Å²) < 4.78 is 0. The molecule has 1 atom stereocenters. The molecule has 0 bridgehead atoms. The lowest BCUT2D eigenvalue weighted by Crippen LogP contribution is -2.40. The first kappa shape index (κ1) is 19.0. The molecule has 0 saturated heterocycles. The summed E-state index contributed by atoms with van der Waals surface area (Å²) in [4.78, 5) is 15.8. The minimum absolute atomic E-state index is 0. The normalized spacial score (nSPS) is 14.5. The first-order valence-corrected chi connectivity index (χ1v) is 8.93. The Bertz CT molecular complexity index is 721. The monoisotopic (exact) mass is 382 g/mol. The number of nitrogen functional groups attached to an aromatic ring is 1. The van der Waals surface area contributed by atoms with Gasteiger partial charge in [-0.25, -0.2) is 0 Å². The van der Waals surface area contributed by atoms with Gasteiger partial charge in [0.05, 0.1) is 5.25 Å². The van der Waals surface area contributed by atoms with Gasteiger partial charge < -0.3 is 10.6 Å². The number of fused-ring (bicyclic) bond motifs is 1. The van der Waals surface area contributed by atoms with Gasteiger partial charge in [0, 0.05) is 27.8 Å². The molecule has 0 saturated carbocycles. The second kappa shape index (κ2) is 8.15. The quantitative estimate of drug-likeness (QED) is 0.612. The fourth-order valence-electron chi connectivity index (χ4n) is 2.87. The molecular weight excluding hydrogens is 363 g/mol. The van der Waals surface area contributed by atoms with Crippen LogP contribution < -0.4 is 10.6 Å². The zero-order valence-electron chi connectivity index (χ0n) is 13.4. The van der Waals surface area contributed by atoms with Crippen LogP contribution in [-0.2, 0) is 11.2 Å². The molecule has 1 unspecified atom stereocenters. The number of thioether (sulfide) groups is 1. The van der Waals surface area contributed by atoms with Crippen LogP contribution in [0.1, 0.15) is 18.9 Å². The van der Waals surface area contributed by atoms with Crippen molar-refractivity contribution in [3.8, 4) is 0 Å². The average Bonchev–Trinajstić information content (AvgIpc) is 2.56. The number of carbonyl (C=O) groups is 1. The van der Waals surface area contributed by atoms with E-state index in [1.54, 1.807) is 11.8 Å². The van der Waals surface area contributed by atoms with Gasteiger partial charge in [-0.15, -0.1) is 24.2 Å². The van der Waals surface area contributed by atoms with E-state index in [-0.39, 0.29) is 23.6 Å². The second-order valence-electron chi connectivity index (χ2n) is 5.65. The maximum atomic E-state index is 12.9. The number of hydrogen-bond donors (Lipinski definition) is 1. The van der Waals surface area contributed by atoms with E-state index in [1.807, 2.05) is 54.3 Å². The Kier molecular flexibility index (Phi) is 6.44. The summed E-state index contributed by atoms with van der Waals surface area (Å²) in [5.41, 5.74) is 8.89. The lowest BCUT2D eigenvalue weighted by atomic mass is 9.99. The number of amides is 1. The number of anilines is 2. The van der Waals surface area contributed by atoms with Gasteiger partial charge in [-0.1, -0.05) is 17.7 Å². The first-order chi connectivity index (χ1) is 11.1. The summed E-state index contributed by atoms with van der Waals surface area (Å²) in [6.07, 6.45) is 1.88. The summed E-state index contributed by atoms with van der Waals surface area (Å²) in [6.45, 7) is 2.70. The predicted octanol–water partition coefficient (Wildman–Crippen LogP) is 4.80. The lowest BCUT2D eigenvalue weighted by molar-refractivity contribution is -0.117. The van der Waals surface area contributed by atoms with E-state index in [1.165, 1.54) is 0 Å².